The molecular formula is C18H18ClNO3. The summed E-state index contributed by atoms with van der Waals surface area (Å²) in [6.45, 7) is 1.32. The van der Waals surface area contributed by atoms with Crippen LogP contribution >= 0.6 is 12.4 Å². The Morgan fingerprint density at radius 1 is 1.17 bits per heavy atom. The SMILES string of the molecule is COc1ccc2c(c1)CC1NCCc3cc4c(c-2c31)OCO4.Cl. The van der Waals surface area contributed by atoms with E-state index in [1.807, 2.05) is 6.07 Å². The van der Waals surface area contributed by atoms with Gasteiger partial charge in [0.1, 0.15) is 5.75 Å². The first-order valence-electron chi connectivity index (χ1n) is 7.71. The van der Waals surface area contributed by atoms with E-state index in [9.17, 15) is 0 Å². The molecule has 1 aliphatic carbocycles. The minimum absolute atomic E-state index is 0. The third kappa shape index (κ3) is 2.02. The van der Waals surface area contributed by atoms with Crippen LogP contribution in [0.1, 0.15) is 22.7 Å². The van der Waals surface area contributed by atoms with E-state index < -0.39 is 0 Å². The van der Waals surface area contributed by atoms with Crippen LogP contribution in [0.15, 0.2) is 24.3 Å². The molecule has 0 aromatic heterocycles. The highest BCUT2D eigenvalue weighted by Gasteiger charge is 2.35. The summed E-state index contributed by atoms with van der Waals surface area (Å²) in [5.74, 6) is 2.69. The second-order valence-electron chi connectivity index (χ2n) is 6.04. The van der Waals surface area contributed by atoms with Crippen LogP contribution in [-0.4, -0.2) is 20.4 Å². The van der Waals surface area contributed by atoms with Crippen LogP contribution in [0.25, 0.3) is 11.1 Å². The highest BCUT2D eigenvalue weighted by atomic mass is 35.5. The van der Waals surface area contributed by atoms with Crippen molar-refractivity contribution in [2.75, 3.05) is 20.4 Å². The molecule has 2 aromatic rings. The first kappa shape index (κ1) is 14.7. The van der Waals surface area contributed by atoms with E-state index in [1.165, 1.54) is 27.8 Å². The highest BCUT2D eigenvalue weighted by molar-refractivity contribution is 5.85. The maximum absolute atomic E-state index is 5.80. The van der Waals surface area contributed by atoms with Gasteiger partial charge in [-0.25, -0.2) is 0 Å². The van der Waals surface area contributed by atoms with E-state index in [-0.39, 0.29) is 12.4 Å². The molecule has 120 valence electrons. The van der Waals surface area contributed by atoms with Crippen molar-refractivity contribution in [2.24, 2.45) is 0 Å². The van der Waals surface area contributed by atoms with Crippen molar-refractivity contribution in [3.63, 3.8) is 0 Å². The lowest BCUT2D eigenvalue weighted by Gasteiger charge is -2.34. The Bertz CT molecular complexity index is 790. The summed E-state index contributed by atoms with van der Waals surface area (Å²) in [6.07, 6.45) is 2.03. The molecule has 0 spiro atoms. The molecule has 4 nitrogen and oxygen atoms in total. The van der Waals surface area contributed by atoms with Crippen molar-refractivity contribution in [1.29, 1.82) is 0 Å². The molecular weight excluding hydrogens is 314 g/mol. The van der Waals surface area contributed by atoms with Gasteiger partial charge in [0.05, 0.1) is 7.11 Å². The summed E-state index contributed by atoms with van der Waals surface area (Å²) in [6, 6.07) is 8.84. The zero-order valence-corrected chi connectivity index (χ0v) is 13.7. The number of methoxy groups -OCH3 is 1. The molecule has 2 aliphatic heterocycles. The van der Waals surface area contributed by atoms with Crippen LogP contribution in [0.3, 0.4) is 0 Å². The smallest absolute Gasteiger partial charge is 0.231 e. The standard InChI is InChI=1S/C18H17NO3.ClH/c1-20-12-2-3-13-11(6-12)7-14-16-10(4-5-19-14)8-15-18(17(13)16)22-9-21-15;/h2-3,6,8,14,19H,4-5,7,9H2,1H3;1H. The Morgan fingerprint density at radius 3 is 2.96 bits per heavy atom. The first-order chi connectivity index (χ1) is 10.8. The summed E-state index contributed by atoms with van der Waals surface area (Å²) in [7, 11) is 1.71. The molecule has 0 amide bonds. The Balaban J connectivity index is 0.00000135. The summed E-state index contributed by atoms with van der Waals surface area (Å²) in [5, 5.41) is 3.65. The number of ether oxygens (including phenoxy) is 3. The molecule has 1 unspecified atom stereocenters. The second kappa shape index (κ2) is 5.32. The minimum Gasteiger partial charge on any atom is -0.497 e. The summed E-state index contributed by atoms with van der Waals surface area (Å²) in [4.78, 5) is 0. The molecule has 0 bridgehead atoms. The highest BCUT2D eigenvalue weighted by Crippen LogP contribution is 2.52. The number of hydrogen-bond donors (Lipinski definition) is 1. The number of rotatable bonds is 1. The van der Waals surface area contributed by atoms with E-state index >= 15 is 0 Å². The van der Waals surface area contributed by atoms with Crippen molar-refractivity contribution in [1.82, 2.24) is 5.32 Å². The van der Waals surface area contributed by atoms with Gasteiger partial charge in [0.15, 0.2) is 11.5 Å². The molecule has 0 saturated carbocycles. The van der Waals surface area contributed by atoms with Crippen LogP contribution in [0.2, 0.25) is 0 Å². The van der Waals surface area contributed by atoms with Gasteiger partial charge in [-0.3, -0.25) is 0 Å². The molecule has 0 fully saturated rings. The maximum Gasteiger partial charge on any atom is 0.231 e. The second-order valence-corrected chi connectivity index (χ2v) is 6.04. The van der Waals surface area contributed by atoms with Crippen molar-refractivity contribution in [2.45, 2.75) is 18.9 Å². The Morgan fingerprint density at radius 2 is 2.09 bits per heavy atom. The Labute approximate surface area is 141 Å². The van der Waals surface area contributed by atoms with Gasteiger partial charge in [-0.1, -0.05) is 6.07 Å². The number of hydrogen-bond acceptors (Lipinski definition) is 4. The molecule has 5 rings (SSSR count). The third-order valence-corrected chi connectivity index (χ3v) is 4.93. The normalized spacial score (nSPS) is 19.4. The largest absolute Gasteiger partial charge is 0.497 e. The molecule has 1 atom stereocenters. The van der Waals surface area contributed by atoms with Crippen LogP contribution in [0, 0.1) is 0 Å². The number of nitrogens with one attached hydrogen (secondary N) is 1. The third-order valence-electron chi connectivity index (χ3n) is 4.93. The van der Waals surface area contributed by atoms with E-state index in [4.69, 9.17) is 14.2 Å². The van der Waals surface area contributed by atoms with E-state index in [0.717, 1.165) is 36.6 Å². The van der Waals surface area contributed by atoms with Crippen LogP contribution in [0.4, 0.5) is 0 Å². The molecule has 2 heterocycles. The van der Waals surface area contributed by atoms with Gasteiger partial charge in [-0.2, -0.15) is 0 Å². The van der Waals surface area contributed by atoms with Crippen LogP contribution in [0.5, 0.6) is 17.2 Å². The van der Waals surface area contributed by atoms with E-state index in [2.05, 4.69) is 23.5 Å². The van der Waals surface area contributed by atoms with E-state index in [1.54, 1.807) is 7.11 Å². The number of halogens is 1. The monoisotopic (exact) mass is 331 g/mol. The Hall–Kier alpha value is -1.91. The summed E-state index contributed by atoms with van der Waals surface area (Å²) >= 11 is 0. The lowest BCUT2D eigenvalue weighted by molar-refractivity contribution is 0.174. The van der Waals surface area contributed by atoms with Gasteiger partial charge in [0, 0.05) is 11.6 Å². The van der Waals surface area contributed by atoms with E-state index in [0.29, 0.717) is 12.8 Å². The molecule has 1 N–H and O–H groups in total. The predicted octanol–water partition coefficient (Wildman–Crippen LogP) is 3.26. The fourth-order valence-electron chi connectivity index (χ4n) is 3.97. The van der Waals surface area contributed by atoms with Gasteiger partial charge in [-0.15, -0.1) is 12.4 Å². The molecule has 5 heteroatoms. The topological polar surface area (TPSA) is 39.7 Å². The number of benzene rings is 2. The van der Waals surface area contributed by atoms with Crippen LogP contribution in [-0.2, 0) is 12.8 Å². The summed E-state index contributed by atoms with van der Waals surface area (Å²) in [5.41, 5.74) is 6.56. The van der Waals surface area contributed by atoms with Crippen molar-refractivity contribution in [3.05, 3.63) is 41.0 Å². The van der Waals surface area contributed by atoms with Gasteiger partial charge in [0.2, 0.25) is 6.79 Å². The molecule has 23 heavy (non-hydrogen) atoms. The lowest BCUT2D eigenvalue weighted by atomic mass is 9.77. The molecule has 0 radical (unpaired) electrons. The fourth-order valence-corrected chi connectivity index (χ4v) is 3.97. The fraction of sp³-hybridized carbons (Fsp3) is 0.333. The van der Waals surface area contributed by atoms with Gasteiger partial charge in [0.25, 0.3) is 0 Å². The van der Waals surface area contributed by atoms with Crippen molar-refractivity contribution >= 4 is 12.4 Å². The first-order valence-corrected chi connectivity index (χ1v) is 7.71. The lowest BCUT2D eigenvalue weighted by Crippen LogP contribution is -2.33. The predicted molar refractivity (Wildman–Crippen MR) is 90.0 cm³/mol. The van der Waals surface area contributed by atoms with Crippen molar-refractivity contribution in [3.8, 4) is 28.4 Å². The average Bonchev–Trinajstić information content (AvgIpc) is 3.02. The molecule has 2 aromatic carbocycles. The van der Waals surface area contributed by atoms with Gasteiger partial charge >= 0.3 is 0 Å². The molecule has 0 saturated heterocycles. The summed E-state index contributed by atoms with van der Waals surface area (Å²) < 4.78 is 16.9. The van der Waals surface area contributed by atoms with Crippen molar-refractivity contribution < 1.29 is 14.2 Å². The van der Waals surface area contributed by atoms with Gasteiger partial charge in [-0.05, 0) is 59.8 Å². The quantitative estimate of drug-likeness (QED) is 0.870. The average molecular weight is 332 g/mol. The minimum atomic E-state index is 0. The zero-order chi connectivity index (χ0) is 14.7. The zero-order valence-electron chi connectivity index (χ0n) is 12.8. The molecule has 3 aliphatic rings. The van der Waals surface area contributed by atoms with Crippen LogP contribution < -0.4 is 19.5 Å². The Kier molecular flexibility index (Phi) is 3.39. The number of fused-ring (bicyclic) bond motifs is 4. The maximum atomic E-state index is 5.80. The van der Waals surface area contributed by atoms with Gasteiger partial charge < -0.3 is 19.5 Å².